The second-order valence-electron chi connectivity index (χ2n) is 9.80. The number of amides is 1. The standard InChI is InChI=1S/C34H30BrNO6/c1-3-41-31(37)30-28-17-11-10-16-27(28)29(24-18-20-26(35)21-19-24)34(32(38)40-2,25-14-8-5-9-15-25)36(30)33(39)42-22-23-12-6-4-7-13-23/h4-21,29-30H,3,22H2,1-2H3/t29-,30+,34+/m1/s1. The average molecular weight is 629 g/mol. The third-order valence-electron chi connectivity index (χ3n) is 7.48. The van der Waals surface area contributed by atoms with Gasteiger partial charge in [0, 0.05) is 10.4 Å². The van der Waals surface area contributed by atoms with E-state index in [1.807, 2.05) is 72.8 Å². The third kappa shape index (κ3) is 5.18. The van der Waals surface area contributed by atoms with Crippen LogP contribution in [0.5, 0.6) is 0 Å². The highest BCUT2D eigenvalue weighted by Gasteiger charge is 2.63. The lowest BCUT2D eigenvalue weighted by Crippen LogP contribution is -2.63. The van der Waals surface area contributed by atoms with E-state index < -0.39 is 35.5 Å². The van der Waals surface area contributed by atoms with Gasteiger partial charge in [0.05, 0.1) is 13.7 Å². The third-order valence-corrected chi connectivity index (χ3v) is 8.01. The van der Waals surface area contributed by atoms with E-state index in [0.717, 1.165) is 15.6 Å². The van der Waals surface area contributed by atoms with E-state index in [2.05, 4.69) is 15.9 Å². The summed E-state index contributed by atoms with van der Waals surface area (Å²) in [6.07, 6.45) is -0.859. The Morgan fingerprint density at radius 3 is 2.00 bits per heavy atom. The van der Waals surface area contributed by atoms with E-state index in [0.29, 0.717) is 16.7 Å². The van der Waals surface area contributed by atoms with Gasteiger partial charge in [-0.15, -0.1) is 0 Å². The van der Waals surface area contributed by atoms with Crippen LogP contribution < -0.4 is 0 Å². The van der Waals surface area contributed by atoms with E-state index in [1.54, 1.807) is 43.3 Å². The van der Waals surface area contributed by atoms with Crippen LogP contribution in [0.3, 0.4) is 0 Å². The Hall–Kier alpha value is -4.43. The van der Waals surface area contributed by atoms with Gasteiger partial charge in [0.2, 0.25) is 0 Å². The van der Waals surface area contributed by atoms with Crippen molar-refractivity contribution in [3.8, 4) is 0 Å². The second kappa shape index (κ2) is 12.6. The molecule has 0 spiro atoms. The van der Waals surface area contributed by atoms with Crippen molar-refractivity contribution < 1.29 is 28.6 Å². The van der Waals surface area contributed by atoms with Gasteiger partial charge in [-0.3, -0.25) is 4.90 Å². The Morgan fingerprint density at radius 1 is 0.786 bits per heavy atom. The van der Waals surface area contributed by atoms with Crippen LogP contribution in [0.15, 0.2) is 114 Å². The van der Waals surface area contributed by atoms with Gasteiger partial charge in [-0.05, 0) is 46.9 Å². The number of hydrogen-bond acceptors (Lipinski definition) is 6. The topological polar surface area (TPSA) is 82.1 Å². The number of methoxy groups -OCH3 is 1. The monoisotopic (exact) mass is 627 g/mol. The van der Waals surface area contributed by atoms with Crippen molar-refractivity contribution in [1.82, 2.24) is 4.90 Å². The fourth-order valence-electron chi connectivity index (χ4n) is 5.79. The van der Waals surface area contributed by atoms with Crippen LogP contribution in [0.25, 0.3) is 0 Å². The largest absolute Gasteiger partial charge is 0.467 e. The number of carbonyl (C=O) groups is 3. The van der Waals surface area contributed by atoms with Crippen LogP contribution in [0.2, 0.25) is 0 Å². The number of hydrogen-bond donors (Lipinski definition) is 0. The first kappa shape index (κ1) is 29.1. The van der Waals surface area contributed by atoms with E-state index in [4.69, 9.17) is 14.2 Å². The van der Waals surface area contributed by atoms with Crippen molar-refractivity contribution in [2.24, 2.45) is 0 Å². The molecule has 0 unspecified atom stereocenters. The van der Waals surface area contributed by atoms with Gasteiger partial charge in [0.1, 0.15) is 6.61 Å². The van der Waals surface area contributed by atoms with E-state index in [-0.39, 0.29) is 13.2 Å². The lowest BCUT2D eigenvalue weighted by molar-refractivity contribution is -0.166. The predicted octanol–water partition coefficient (Wildman–Crippen LogP) is 6.91. The molecule has 214 valence electrons. The molecule has 8 heteroatoms. The van der Waals surface area contributed by atoms with E-state index in [1.165, 1.54) is 12.0 Å². The fraction of sp³-hybridized carbons (Fsp3) is 0.206. The minimum atomic E-state index is -1.84. The minimum Gasteiger partial charge on any atom is -0.467 e. The minimum absolute atomic E-state index is 0.0671. The molecule has 1 aliphatic rings. The first-order valence-electron chi connectivity index (χ1n) is 13.6. The molecule has 5 rings (SSSR count). The highest BCUT2D eigenvalue weighted by atomic mass is 79.9. The quantitative estimate of drug-likeness (QED) is 0.164. The molecule has 1 heterocycles. The summed E-state index contributed by atoms with van der Waals surface area (Å²) >= 11 is 3.50. The zero-order valence-corrected chi connectivity index (χ0v) is 24.8. The number of esters is 2. The van der Waals surface area contributed by atoms with Gasteiger partial charge in [0.15, 0.2) is 11.6 Å². The molecule has 4 aromatic rings. The summed E-state index contributed by atoms with van der Waals surface area (Å²) in [5, 5.41) is 0. The molecule has 0 radical (unpaired) electrons. The number of halogens is 1. The SMILES string of the molecule is CCOC(=O)[C@@H]1c2ccccc2[C@@H](c2ccc(Br)cc2)[C@](C(=O)OC)(c2ccccc2)N1C(=O)OCc1ccccc1. The van der Waals surface area contributed by atoms with Crippen LogP contribution in [0.1, 0.15) is 46.7 Å². The number of ether oxygens (including phenoxy) is 3. The van der Waals surface area contributed by atoms with Crippen molar-refractivity contribution in [3.63, 3.8) is 0 Å². The average Bonchev–Trinajstić information content (AvgIpc) is 3.03. The molecule has 0 saturated carbocycles. The first-order chi connectivity index (χ1) is 20.4. The number of nitrogens with zero attached hydrogens (tertiary/aromatic N) is 1. The lowest BCUT2D eigenvalue weighted by atomic mass is 9.65. The normalized spacial score (nSPS) is 19.4. The van der Waals surface area contributed by atoms with Gasteiger partial charge >= 0.3 is 18.0 Å². The van der Waals surface area contributed by atoms with Crippen molar-refractivity contribution in [2.45, 2.75) is 31.0 Å². The molecule has 4 aromatic carbocycles. The molecule has 3 atom stereocenters. The Bertz CT molecular complexity index is 1560. The Kier molecular flexibility index (Phi) is 8.73. The Morgan fingerprint density at radius 2 is 1.38 bits per heavy atom. The summed E-state index contributed by atoms with van der Waals surface area (Å²) < 4.78 is 17.8. The van der Waals surface area contributed by atoms with Gasteiger partial charge in [-0.2, -0.15) is 0 Å². The highest BCUT2D eigenvalue weighted by Crippen LogP contribution is 2.56. The molecule has 0 fully saturated rings. The summed E-state index contributed by atoms with van der Waals surface area (Å²) in [5.74, 6) is -2.17. The smallest absolute Gasteiger partial charge is 0.412 e. The first-order valence-corrected chi connectivity index (χ1v) is 14.4. The molecule has 0 saturated heterocycles. The van der Waals surface area contributed by atoms with Crippen molar-refractivity contribution in [1.29, 1.82) is 0 Å². The summed E-state index contributed by atoms with van der Waals surface area (Å²) in [5.41, 5.74) is 1.34. The predicted molar refractivity (Wildman–Crippen MR) is 160 cm³/mol. The van der Waals surface area contributed by atoms with E-state index in [9.17, 15) is 14.4 Å². The fourth-order valence-corrected chi connectivity index (χ4v) is 6.05. The number of benzene rings is 4. The summed E-state index contributed by atoms with van der Waals surface area (Å²) in [4.78, 5) is 43.9. The van der Waals surface area contributed by atoms with Crippen LogP contribution in [-0.4, -0.2) is 36.6 Å². The number of carbonyl (C=O) groups excluding carboxylic acids is 3. The maximum Gasteiger partial charge on any atom is 0.412 e. The molecule has 1 aliphatic heterocycles. The lowest BCUT2D eigenvalue weighted by Gasteiger charge is -2.52. The summed E-state index contributed by atoms with van der Waals surface area (Å²) in [6.45, 7) is 1.71. The van der Waals surface area contributed by atoms with Crippen molar-refractivity contribution in [3.05, 3.63) is 141 Å². The highest BCUT2D eigenvalue weighted by molar-refractivity contribution is 9.10. The van der Waals surface area contributed by atoms with Crippen LogP contribution in [-0.2, 0) is 35.9 Å². The molecule has 0 N–H and O–H groups in total. The zero-order valence-electron chi connectivity index (χ0n) is 23.2. The zero-order chi connectivity index (χ0) is 29.7. The van der Waals surface area contributed by atoms with Gasteiger partial charge in [-0.25, -0.2) is 14.4 Å². The van der Waals surface area contributed by atoms with Crippen molar-refractivity contribution >= 4 is 34.0 Å². The number of rotatable bonds is 7. The van der Waals surface area contributed by atoms with Gasteiger partial charge in [0.25, 0.3) is 0 Å². The van der Waals surface area contributed by atoms with Crippen LogP contribution >= 0.6 is 15.9 Å². The molecular weight excluding hydrogens is 598 g/mol. The second-order valence-corrected chi connectivity index (χ2v) is 10.7. The molecule has 1 amide bonds. The Labute approximate surface area is 253 Å². The maximum atomic E-state index is 14.4. The summed E-state index contributed by atoms with van der Waals surface area (Å²) in [7, 11) is 1.28. The van der Waals surface area contributed by atoms with E-state index >= 15 is 0 Å². The molecular formula is C34H30BrNO6. The van der Waals surface area contributed by atoms with Crippen LogP contribution in [0.4, 0.5) is 4.79 Å². The van der Waals surface area contributed by atoms with Gasteiger partial charge in [-0.1, -0.05) is 113 Å². The van der Waals surface area contributed by atoms with Gasteiger partial charge < -0.3 is 14.2 Å². The summed E-state index contributed by atoms with van der Waals surface area (Å²) in [6, 6.07) is 31.7. The number of fused-ring (bicyclic) bond motifs is 1. The Balaban J connectivity index is 1.84. The molecule has 0 bridgehead atoms. The molecule has 42 heavy (non-hydrogen) atoms. The molecule has 7 nitrogen and oxygen atoms in total. The molecule has 0 aliphatic carbocycles. The maximum absolute atomic E-state index is 14.4. The van der Waals surface area contributed by atoms with Crippen molar-refractivity contribution in [2.75, 3.05) is 13.7 Å². The van der Waals surface area contributed by atoms with Crippen LogP contribution in [0, 0.1) is 0 Å². The molecule has 0 aromatic heterocycles.